The third-order valence-electron chi connectivity index (χ3n) is 3.69. The lowest BCUT2D eigenvalue weighted by Gasteiger charge is -2.35. The van der Waals surface area contributed by atoms with Crippen molar-refractivity contribution < 1.29 is 4.79 Å². The molecule has 17 heavy (non-hydrogen) atoms. The molecule has 1 aliphatic heterocycles. The maximum Gasteiger partial charge on any atom is 0.227 e. The largest absolute Gasteiger partial charge is 0.355 e. The SMILES string of the molecule is CCC1(C(=O)NCC(C)CSC)CCCNC1. The van der Waals surface area contributed by atoms with E-state index in [0.717, 1.165) is 44.6 Å². The number of hydrogen-bond donors (Lipinski definition) is 2. The van der Waals surface area contributed by atoms with Crippen molar-refractivity contribution in [3.63, 3.8) is 0 Å². The number of amides is 1. The van der Waals surface area contributed by atoms with Crippen LogP contribution in [-0.4, -0.2) is 37.6 Å². The number of thioether (sulfide) groups is 1. The summed E-state index contributed by atoms with van der Waals surface area (Å²) in [6, 6.07) is 0. The highest BCUT2D eigenvalue weighted by Gasteiger charge is 2.37. The van der Waals surface area contributed by atoms with E-state index in [0.29, 0.717) is 5.92 Å². The topological polar surface area (TPSA) is 41.1 Å². The van der Waals surface area contributed by atoms with Crippen LogP contribution in [-0.2, 0) is 4.79 Å². The summed E-state index contributed by atoms with van der Waals surface area (Å²) < 4.78 is 0. The third kappa shape index (κ3) is 4.18. The average Bonchev–Trinajstić information content (AvgIpc) is 2.37. The van der Waals surface area contributed by atoms with E-state index in [4.69, 9.17) is 0 Å². The van der Waals surface area contributed by atoms with Crippen LogP contribution < -0.4 is 10.6 Å². The van der Waals surface area contributed by atoms with Gasteiger partial charge in [0.15, 0.2) is 0 Å². The number of nitrogens with one attached hydrogen (secondary N) is 2. The molecule has 1 rings (SSSR count). The van der Waals surface area contributed by atoms with Gasteiger partial charge in [0.25, 0.3) is 0 Å². The summed E-state index contributed by atoms with van der Waals surface area (Å²) in [6.45, 7) is 7.01. The highest BCUT2D eigenvalue weighted by molar-refractivity contribution is 7.98. The smallest absolute Gasteiger partial charge is 0.227 e. The summed E-state index contributed by atoms with van der Waals surface area (Å²) in [5.41, 5.74) is -0.155. The summed E-state index contributed by atoms with van der Waals surface area (Å²) in [7, 11) is 0. The highest BCUT2D eigenvalue weighted by atomic mass is 32.2. The summed E-state index contributed by atoms with van der Waals surface area (Å²) >= 11 is 1.84. The Bertz CT molecular complexity index is 240. The van der Waals surface area contributed by atoms with Gasteiger partial charge in [-0.3, -0.25) is 4.79 Å². The van der Waals surface area contributed by atoms with E-state index in [2.05, 4.69) is 30.7 Å². The molecule has 0 aromatic carbocycles. The van der Waals surface area contributed by atoms with Crippen molar-refractivity contribution in [3.05, 3.63) is 0 Å². The van der Waals surface area contributed by atoms with Crippen LogP contribution in [0, 0.1) is 11.3 Å². The van der Waals surface area contributed by atoms with Gasteiger partial charge in [0.05, 0.1) is 5.41 Å². The van der Waals surface area contributed by atoms with Crippen molar-refractivity contribution in [2.24, 2.45) is 11.3 Å². The first-order valence-electron chi connectivity index (χ1n) is 6.62. The van der Waals surface area contributed by atoms with Crippen LogP contribution in [0.3, 0.4) is 0 Å². The number of piperidine rings is 1. The monoisotopic (exact) mass is 258 g/mol. The van der Waals surface area contributed by atoms with Crippen molar-refractivity contribution in [1.29, 1.82) is 0 Å². The van der Waals surface area contributed by atoms with Gasteiger partial charge in [0.1, 0.15) is 0 Å². The predicted octanol–water partition coefficient (Wildman–Crippen LogP) is 1.88. The molecule has 2 N–H and O–H groups in total. The Hall–Kier alpha value is -0.220. The number of carbonyl (C=O) groups is 1. The van der Waals surface area contributed by atoms with Gasteiger partial charge in [-0.15, -0.1) is 0 Å². The van der Waals surface area contributed by atoms with Gasteiger partial charge in [-0.2, -0.15) is 11.8 Å². The molecule has 1 aliphatic rings. The molecule has 3 nitrogen and oxygen atoms in total. The lowest BCUT2D eigenvalue weighted by molar-refractivity contribution is -0.132. The molecule has 0 bridgehead atoms. The van der Waals surface area contributed by atoms with Gasteiger partial charge >= 0.3 is 0 Å². The van der Waals surface area contributed by atoms with Crippen molar-refractivity contribution >= 4 is 17.7 Å². The fraction of sp³-hybridized carbons (Fsp3) is 0.923. The van der Waals surface area contributed by atoms with E-state index in [1.807, 2.05) is 11.8 Å². The zero-order valence-corrected chi connectivity index (χ0v) is 12.2. The molecule has 0 radical (unpaired) electrons. The quantitative estimate of drug-likeness (QED) is 0.764. The second kappa shape index (κ2) is 7.27. The maximum atomic E-state index is 12.3. The second-order valence-electron chi connectivity index (χ2n) is 5.18. The third-order valence-corrected chi connectivity index (χ3v) is 4.60. The lowest BCUT2D eigenvalue weighted by Crippen LogP contribution is -2.50. The van der Waals surface area contributed by atoms with E-state index in [1.54, 1.807) is 0 Å². The molecular formula is C13H26N2OS. The molecule has 0 aliphatic carbocycles. The second-order valence-corrected chi connectivity index (χ2v) is 6.10. The van der Waals surface area contributed by atoms with Gasteiger partial charge in [-0.25, -0.2) is 0 Å². The number of carbonyl (C=O) groups excluding carboxylic acids is 1. The van der Waals surface area contributed by atoms with Gasteiger partial charge in [0.2, 0.25) is 5.91 Å². The Morgan fingerprint density at radius 1 is 1.59 bits per heavy atom. The van der Waals surface area contributed by atoms with Crippen LogP contribution in [0.4, 0.5) is 0 Å². The van der Waals surface area contributed by atoms with Crippen molar-refractivity contribution in [1.82, 2.24) is 10.6 Å². The predicted molar refractivity (Wildman–Crippen MR) is 75.4 cm³/mol. The molecule has 1 amide bonds. The normalized spacial score (nSPS) is 26.5. The first-order chi connectivity index (χ1) is 8.14. The first-order valence-corrected chi connectivity index (χ1v) is 8.02. The molecule has 0 spiro atoms. The van der Waals surface area contributed by atoms with Gasteiger partial charge in [-0.1, -0.05) is 13.8 Å². The Labute approximate surface area is 109 Å². The molecule has 2 unspecified atom stereocenters. The fourth-order valence-corrected chi connectivity index (χ4v) is 3.11. The Kier molecular flexibility index (Phi) is 6.34. The minimum atomic E-state index is -0.155. The van der Waals surface area contributed by atoms with Crippen LogP contribution in [0.5, 0.6) is 0 Å². The minimum Gasteiger partial charge on any atom is -0.355 e. The standard InChI is InChI=1S/C13H26N2OS/c1-4-13(6-5-7-14-10-13)12(16)15-8-11(2)9-17-3/h11,14H,4-10H2,1-3H3,(H,15,16). The molecule has 0 saturated carbocycles. The first kappa shape index (κ1) is 14.8. The fourth-order valence-electron chi connectivity index (χ4n) is 2.42. The lowest BCUT2D eigenvalue weighted by atomic mass is 9.77. The molecule has 1 fully saturated rings. The number of hydrogen-bond acceptors (Lipinski definition) is 3. The van der Waals surface area contributed by atoms with Gasteiger partial charge < -0.3 is 10.6 Å². The Morgan fingerprint density at radius 3 is 2.88 bits per heavy atom. The summed E-state index contributed by atoms with van der Waals surface area (Å²) in [6.07, 6.45) is 5.18. The minimum absolute atomic E-state index is 0.155. The number of rotatable bonds is 6. The maximum absolute atomic E-state index is 12.3. The van der Waals surface area contributed by atoms with Crippen molar-refractivity contribution in [2.75, 3.05) is 31.6 Å². The van der Waals surface area contributed by atoms with E-state index < -0.39 is 0 Å². The molecule has 2 atom stereocenters. The van der Waals surface area contributed by atoms with Crippen LogP contribution in [0.15, 0.2) is 0 Å². The van der Waals surface area contributed by atoms with E-state index in [9.17, 15) is 4.79 Å². The highest BCUT2D eigenvalue weighted by Crippen LogP contribution is 2.30. The van der Waals surface area contributed by atoms with Gasteiger partial charge in [-0.05, 0) is 43.7 Å². The molecule has 0 aromatic heterocycles. The van der Waals surface area contributed by atoms with Crippen LogP contribution in [0.2, 0.25) is 0 Å². The molecule has 100 valence electrons. The zero-order valence-electron chi connectivity index (χ0n) is 11.3. The average molecular weight is 258 g/mol. The van der Waals surface area contributed by atoms with Crippen molar-refractivity contribution in [3.8, 4) is 0 Å². The Morgan fingerprint density at radius 2 is 2.35 bits per heavy atom. The summed E-state index contributed by atoms with van der Waals surface area (Å²) in [4.78, 5) is 12.3. The van der Waals surface area contributed by atoms with Crippen LogP contribution >= 0.6 is 11.8 Å². The van der Waals surface area contributed by atoms with E-state index >= 15 is 0 Å². The molecule has 1 heterocycles. The van der Waals surface area contributed by atoms with Crippen molar-refractivity contribution in [2.45, 2.75) is 33.1 Å². The molecule has 4 heteroatoms. The van der Waals surface area contributed by atoms with Crippen LogP contribution in [0.1, 0.15) is 33.1 Å². The zero-order chi connectivity index (χ0) is 12.7. The molecule has 0 aromatic rings. The molecular weight excluding hydrogens is 232 g/mol. The summed E-state index contributed by atoms with van der Waals surface area (Å²) in [5, 5.41) is 6.49. The Balaban J connectivity index is 2.43. The van der Waals surface area contributed by atoms with E-state index in [1.165, 1.54) is 0 Å². The van der Waals surface area contributed by atoms with Crippen LogP contribution in [0.25, 0.3) is 0 Å². The summed E-state index contributed by atoms with van der Waals surface area (Å²) in [5.74, 6) is 1.91. The van der Waals surface area contributed by atoms with Gasteiger partial charge in [0, 0.05) is 13.1 Å². The molecule has 1 saturated heterocycles. The van der Waals surface area contributed by atoms with E-state index in [-0.39, 0.29) is 11.3 Å².